The van der Waals surface area contributed by atoms with Gasteiger partial charge >= 0.3 is 0 Å². The molecule has 0 bridgehead atoms. The average molecular weight is 275 g/mol. The van der Waals surface area contributed by atoms with Crippen LogP contribution >= 0.6 is 0 Å². The van der Waals surface area contributed by atoms with Crippen molar-refractivity contribution in [3.8, 4) is 0 Å². The molecule has 2 N–H and O–H groups in total. The van der Waals surface area contributed by atoms with Crippen molar-refractivity contribution in [3.05, 3.63) is 34.9 Å². The molecule has 0 saturated carbocycles. The van der Waals surface area contributed by atoms with Gasteiger partial charge in [0.25, 0.3) is 5.91 Å². The molecule has 0 unspecified atom stereocenters. The molecule has 0 radical (unpaired) electrons. The molecule has 108 valence electrons. The van der Waals surface area contributed by atoms with Gasteiger partial charge in [-0.2, -0.15) is 0 Å². The molecule has 0 aliphatic carbocycles. The van der Waals surface area contributed by atoms with E-state index in [1.54, 1.807) is 4.90 Å². The summed E-state index contributed by atoms with van der Waals surface area (Å²) in [7, 11) is 0. The molecule has 0 spiro atoms. The first-order chi connectivity index (χ1) is 9.56. The molecule has 0 aromatic heterocycles. The van der Waals surface area contributed by atoms with Crippen LogP contribution in [-0.4, -0.2) is 49.4 Å². The largest absolute Gasteiger partial charge is 0.343 e. The van der Waals surface area contributed by atoms with Crippen molar-refractivity contribution in [1.82, 2.24) is 15.5 Å². The van der Waals surface area contributed by atoms with Crippen LogP contribution in [0.5, 0.6) is 0 Å². The van der Waals surface area contributed by atoms with Gasteiger partial charge in [0.2, 0.25) is 5.91 Å². The third-order valence-corrected chi connectivity index (χ3v) is 3.35. The van der Waals surface area contributed by atoms with Gasteiger partial charge in [0.05, 0.1) is 6.54 Å². The maximum Gasteiger partial charge on any atom is 0.251 e. The van der Waals surface area contributed by atoms with Gasteiger partial charge in [-0.3, -0.25) is 9.59 Å². The zero-order chi connectivity index (χ0) is 14.5. The summed E-state index contributed by atoms with van der Waals surface area (Å²) >= 11 is 0. The smallest absolute Gasteiger partial charge is 0.251 e. The molecule has 2 rings (SSSR count). The van der Waals surface area contributed by atoms with E-state index in [0.29, 0.717) is 18.7 Å². The van der Waals surface area contributed by atoms with Crippen LogP contribution in [0, 0.1) is 13.8 Å². The highest BCUT2D eigenvalue weighted by Gasteiger charge is 2.17. The summed E-state index contributed by atoms with van der Waals surface area (Å²) in [6.45, 7) is 7.02. The number of amides is 2. The summed E-state index contributed by atoms with van der Waals surface area (Å²) in [4.78, 5) is 25.8. The SMILES string of the molecule is Cc1cc(C)cc(C(=O)NCC(=O)N2CCNCC2)c1. The fraction of sp³-hybridized carbons (Fsp3) is 0.467. The van der Waals surface area contributed by atoms with Crippen molar-refractivity contribution in [2.24, 2.45) is 0 Å². The minimum Gasteiger partial charge on any atom is -0.343 e. The van der Waals surface area contributed by atoms with Gasteiger partial charge in [-0.25, -0.2) is 0 Å². The number of nitrogens with one attached hydrogen (secondary N) is 2. The zero-order valence-corrected chi connectivity index (χ0v) is 12.0. The summed E-state index contributed by atoms with van der Waals surface area (Å²) in [5.41, 5.74) is 2.70. The van der Waals surface area contributed by atoms with E-state index in [2.05, 4.69) is 10.6 Å². The maximum atomic E-state index is 12.0. The second kappa shape index (κ2) is 6.52. The van der Waals surface area contributed by atoms with Crippen LogP contribution in [0.3, 0.4) is 0 Å². The highest BCUT2D eigenvalue weighted by Crippen LogP contribution is 2.08. The van der Waals surface area contributed by atoms with Gasteiger partial charge < -0.3 is 15.5 Å². The predicted molar refractivity (Wildman–Crippen MR) is 77.7 cm³/mol. The minimum atomic E-state index is -0.194. The van der Waals surface area contributed by atoms with Crippen LogP contribution in [0.15, 0.2) is 18.2 Å². The molecule has 1 aromatic carbocycles. The Kier molecular flexibility index (Phi) is 4.74. The molecule has 0 atom stereocenters. The second-order valence-corrected chi connectivity index (χ2v) is 5.19. The molecule has 1 aliphatic rings. The van der Waals surface area contributed by atoms with E-state index in [1.807, 2.05) is 32.0 Å². The number of piperazine rings is 1. The highest BCUT2D eigenvalue weighted by molar-refractivity contribution is 5.96. The molecule has 1 saturated heterocycles. The number of hydrogen-bond acceptors (Lipinski definition) is 3. The lowest BCUT2D eigenvalue weighted by Crippen LogP contribution is -2.49. The van der Waals surface area contributed by atoms with Gasteiger partial charge in [0.15, 0.2) is 0 Å². The molecule has 1 aromatic rings. The van der Waals surface area contributed by atoms with Crippen molar-refractivity contribution < 1.29 is 9.59 Å². The lowest BCUT2D eigenvalue weighted by molar-refractivity contribution is -0.130. The van der Waals surface area contributed by atoms with Crippen molar-refractivity contribution in [3.63, 3.8) is 0 Å². The molecule has 1 fully saturated rings. The highest BCUT2D eigenvalue weighted by atomic mass is 16.2. The van der Waals surface area contributed by atoms with E-state index in [-0.39, 0.29) is 18.4 Å². The van der Waals surface area contributed by atoms with Crippen molar-refractivity contribution >= 4 is 11.8 Å². The first-order valence-corrected chi connectivity index (χ1v) is 6.91. The Morgan fingerprint density at radius 3 is 2.35 bits per heavy atom. The summed E-state index contributed by atoms with van der Waals surface area (Å²) in [5, 5.41) is 5.89. The Morgan fingerprint density at radius 1 is 1.15 bits per heavy atom. The first-order valence-electron chi connectivity index (χ1n) is 6.91. The van der Waals surface area contributed by atoms with Crippen molar-refractivity contribution in [1.29, 1.82) is 0 Å². The summed E-state index contributed by atoms with van der Waals surface area (Å²) in [6, 6.07) is 5.68. The second-order valence-electron chi connectivity index (χ2n) is 5.19. The number of rotatable bonds is 3. The van der Waals surface area contributed by atoms with E-state index in [9.17, 15) is 9.59 Å². The first kappa shape index (κ1) is 14.5. The Labute approximate surface area is 119 Å². The van der Waals surface area contributed by atoms with E-state index in [0.717, 1.165) is 24.2 Å². The zero-order valence-electron chi connectivity index (χ0n) is 12.0. The van der Waals surface area contributed by atoms with E-state index in [1.165, 1.54) is 0 Å². The third kappa shape index (κ3) is 3.81. The quantitative estimate of drug-likeness (QED) is 0.843. The summed E-state index contributed by atoms with van der Waals surface area (Å²) < 4.78 is 0. The number of benzene rings is 1. The fourth-order valence-electron chi connectivity index (χ4n) is 2.39. The Morgan fingerprint density at radius 2 is 1.75 bits per heavy atom. The van der Waals surface area contributed by atoms with Gasteiger partial charge in [-0.05, 0) is 26.0 Å². The molecule has 2 amide bonds. The lowest BCUT2D eigenvalue weighted by Gasteiger charge is -2.27. The standard InChI is InChI=1S/C15H21N3O2/c1-11-7-12(2)9-13(8-11)15(20)17-10-14(19)18-5-3-16-4-6-18/h7-9,16H,3-6,10H2,1-2H3,(H,17,20). The Hall–Kier alpha value is -1.88. The summed E-state index contributed by atoms with van der Waals surface area (Å²) in [6.07, 6.45) is 0. The lowest BCUT2D eigenvalue weighted by atomic mass is 10.1. The number of hydrogen-bond donors (Lipinski definition) is 2. The maximum absolute atomic E-state index is 12.0. The minimum absolute atomic E-state index is 0.0239. The average Bonchev–Trinajstić information content (AvgIpc) is 2.44. The number of carbonyl (C=O) groups excluding carboxylic acids is 2. The predicted octanol–water partition coefficient (Wildman–Crippen LogP) is 0.465. The van der Waals surface area contributed by atoms with Gasteiger partial charge in [-0.1, -0.05) is 17.2 Å². The van der Waals surface area contributed by atoms with Gasteiger partial charge in [0.1, 0.15) is 0 Å². The van der Waals surface area contributed by atoms with Gasteiger partial charge in [-0.15, -0.1) is 0 Å². The van der Waals surface area contributed by atoms with Crippen molar-refractivity contribution in [2.75, 3.05) is 32.7 Å². The number of aryl methyl sites for hydroxylation is 2. The van der Waals surface area contributed by atoms with Gasteiger partial charge in [0, 0.05) is 31.7 Å². The molecule has 5 heteroatoms. The van der Waals surface area contributed by atoms with Crippen LogP contribution in [0.25, 0.3) is 0 Å². The van der Waals surface area contributed by atoms with Crippen LogP contribution in [0.1, 0.15) is 21.5 Å². The van der Waals surface area contributed by atoms with E-state index < -0.39 is 0 Å². The Balaban J connectivity index is 1.89. The van der Waals surface area contributed by atoms with Crippen LogP contribution in [0.2, 0.25) is 0 Å². The summed E-state index contributed by atoms with van der Waals surface area (Å²) in [5.74, 6) is -0.218. The molecule has 1 aliphatic heterocycles. The molecular formula is C15H21N3O2. The van der Waals surface area contributed by atoms with Crippen molar-refractivity contribution in [2.45, 2.75) is 13.8 Å². The molecule has 5 nitrogen and oxygen atoms in total. The fourth-order valence-corrected chi connectivity index (χ4v) is 2.39. The third-order valence-electron chi connectivity index (χ3n) is 3.35. The van der Waals surface area contributed by atoms with Crippen LogP contribution in [-0.2, 0) is 4.79 Å². The number of nitrogens with zero attached hydrogens (tertiary/aromatic N) is 1. The molecule has 20 heavy (non-hydrogen) atoms. The topological polar surface area (TPSA) is 61.4 Å². The Bertz CT molecular complexity index is 488. The van der Waals surface area contributed by atoms with E-state index in [4.69, 9.17) is 0 Å². The van der Waals surface area contributed by atoms with Crippen LogP contribution in [0.4, 0.5) is 0 Å². The van der Waals surface area contributed by atoms with E-state index >= 15 is 0 Å². The molecule has 1 heterocycles. The number of carbonyl (C=O) groups is 2. The van der Waals surface area contributed by atoms with Crippen LogP contribution < -0.4 is 10.6 Å². The monoisotopic (exact) mass is 275 g/mol. The molecular weight excluding hydrogens is 254 g/mol. The normalized spacial score (nSPS) is 15.0.